The van der Waals surface area contributed by atoms with Crippen LogP contribution in [0.15, 0.2) is 58.5 Å². The molecule has 0 saturated heterocycles. The van der Waals surface area contributed by atoms with Gasteiger partial charge in [0.15, 0.2) is 0 Å². The van der Waals surface area contributed by atoms with E-state index in [2.05, 4.69) is 17.2 Å². The summed E-state index contributed by atoms with van der Waals surface area (Å²) in [6.45, 7) is 0. The van der Waals surface area contributed by atoms with Gasteiger partial charge in [0.1, 0.15) is 5.75 Å². The molecule has 5 heteroatoms. The van der Waals surface area contributed by atoms with E-state index in [4.69, 9.17) is 0 Å². The molecule has 0 fully saturated rings. The highest BCUT2D eigenvalue weighted by molar-refractivity contribution is 7.99. The van der Waals surface area contributed by atoms with Crippen LogP contribution in [-0.4, -0.2) is 22.5 Å². The molecule has 2 aromatic rings. The summed E-state index contributed by atoms with van der Waals surface area (Å²) in [5.74, 6) is 1.25. The van der Waals surface area contributed by atoms with Gasteiger partial charge in [-0.05, 0) is 30.3 Å². The fourth-order valence-electron chi connectivity index (χ4n) is 2.84. The minimum absolute atomic E-state index is 0.000536. The number of hydrazone groups is 1. The van der Waals surface area contributed by atoms with E-state index in [0.717, 1.165) is 17.0 Å². The second-order valence-corrected chi connectivity index (χ2v) is 6.48. The summed E-state index contributed by atoms with van der Waals surface area (Å²) in [5, 5.41) is 15.5. The van der Waals surface area contributed by atoms with Crippen molar-refractivity contribution in [3.8, 4) is 5.75 Å². The van der Waals surface area contributed by atoms with Gasteiger partial charge in [-0.15, -0.1) is 11.8 Å². The smallest absolute Gasteiger partial charge is 0.248 e. The summed E-state index contributed by atoms with van der Waals surface area (Å²) in [5.41, 5.74) is 2.80. The monoisotopic (exact) mass is 310 g/mol. The molecule has 1 atom stereocenters. The van der Waals surface area contributed by atoms with Gasteiger partial charge in [-0.25, -0.2) is 5.01 Å². The molecular formula is C17H14N2O2S. The average molecular weight is 310 g/mol. The molecule has 2 aliphatic heterocycles. The predicted molar refractivity (Wildman–Crippen MR) is 87.4 cm³/mol. The lowest BCUT2D eigenvalue weighted by atomic mass is 9.93. The third-order valence-corrected chi connectivity index (χ3v) is 5.19. The summed E-state index contributed by atoms with van der Waals surface area (Å²) in [7, 11) is 0. The second-order valence-electron chi connectivity index (χ2n) is 5.42. The lowest BCUT2D eigenvalue weighted by molar-refractivity contribution is -0.119. The Morgan fingerprint density at radius 1 is 1.14 bits per heavy atom. The number of carbonyl (C=O) groups is 1. The lowest BCUT2D eigenvalue weighted by Crippen LogP contribution is -2.39. The molecule has 2 heterocycles. The van der Waals surface area contributed by atoms with Crippen molar-refractivity contribution in [1.82, 2.24) is 0 Å². The first-order valence-electron chi connectivity index (χ1n) is 7.15. The van der Waals surface area contributed by atoms with Gasteiger partial charge in [0.2, 0.25) is 5.91 Å². The Bertz CT molecular complexity index is 770. The molecule has 2 aliphatic rings. The van der Waals surface area contributed by atoms with Crippen LogP contribution in [-0.2, 0) is 4.79 Å². The molecule has 110 valence electrons. The largest absolute Gasteiger partial charge is 0.508 e. The normalized spacial score (nSPS) is 20.2. The number of hydrogen-bond acceptors (Lipinski definition) is 4. The van der Waals surface area contributed by atoms with Crippen LogP contribution in [0, 0.1) is 5.92 Å². The number of nitrogens with zero attached hydrogens (tertiary/aromatic N) is 2. The highest BCUT2D eigenvalue weighted by Crippen LogP contribution is 2.37. The van der Waals surface area contributed by atoms with Gasteiger partial charge in [-0.2, -0.15) is 5.10 Å². The highest BCUT2D eigenvalue weighted by Gasteiger charge is 2.34. The number of thioether (sulfide) groups is 1. The predicted octanol–water partition coefficient (Wildman–Crippen LogP) is 3.26. The molecule has 0 radical (unpaired) electrons. The minimum Gasteiger partial charge on any atom is -0.508 e. The van der Waals surface area contributed by atoms with Gasteiger partial charge in [-0.3, -0.25) is 4.79 Å². The van der Waals surface area contributed by atoms with E-state index in [-0.39, 0.29) is 17.6 Å². The van der Waals surface area contributed by atoms with Crippen LogP contribution in [0.3, 0.4) is 0 Å². The Morgan fingerprint density at radius 2 is 1.91 bits per heavy atom. The van der Waals surface area contributed by atoms with Crippen molar-refractivity contribution in [2.24, 2.45) is 11.0 Å². The maximum Gasteiger partial charge on any atom is 0.248 e. The molecule has 4 rings (SSSR count). The van der Waals surface area contributed by atoms with Gasteiger partial charge >= 0.3 is 0 Å². The topological polar surface area (TPSA) is 52.9 Å². The van der Waals surface area contributed by atoms with E-state index < -0.39 is 0 Å². The Hall–Kier alpha value is -2.27. The van der Waals surface area contributed by atoms with Crippen molar-refractivity contribution >= 4 is 29.1 Å². The van der Waals surface area contributed by atoms with Crippen molar-refractivity contribution < 1.29 is 9.90 Å². The standard InChI is InChI=1S/C17H14N2O2S/c20-13-7-5-12(6-8-13)19-16(21)9-11-10-22-15-4-2-1-3-14(15)17(11)18-19/h1-8,11,20H,9-10H2. The number of carbonyl (C=O) groups excluding carboxylic acids is 1. The Morgan fingerprint density at radius 3 is 2.73 bits per heavy atom. The van der Waals surface area contributed by atoms with Crippen molar-refractivity contribution in [1.29, 1.82) is 0 Å². The van der Waals surface area contributed by atoms with Crippen LogP contribution in [0.4, 0.5) is 5.69 Å². The van der Waals surface area contributed by atoms with Crippen LogP contribution >= 0.6 is 11.8 Å². The van der Waals surface area contributed by atoms with E-state index in [1.807, 2.05) is 12.1 Å². The van der Waals surface area contributed by atoms with E-state index in [0.29, 0.717) is 12.1 Å². The number of hydrogen-bond donors (Lipinski definition) is 1. The molecule has 0 aliphatic carbocycles. The van der Waals surface area contributed by atoms with Gasteiger partial charge in [-0.1, -0.05) is 18.2 Å². The first-order chi connectivity index (χ1) is 10.7. The van der Waals surface area contributed by atoms with Gasteiger partial charge in [0, 0.05) is 28.6 Å². The molecule has 0 bridgehead atoms. The third kappa shape index (κ3) is 2.18. The molecule has 0 saturated carbocycles. The molecule has 4 nitrogen and oxygen atoms in total. The average Bonchev–Trinajstić information content (AvgIpc) is 2.55. The fraction of sp³-hybridized carbons (Fsp3) is 0.176. The molecule has 0 spiro atoms. The van der Waals surface area contributed by atoms with Crippen LogP contribution in [0.5, 0.6) is 5.75 Å². The van der Waals surface area contributed by atoms with Crippen LogP contribution < -0.4 is 5.01 Å². The third-order valence-electron chi connectivity index (χ3n) is 3.95. The van der Waals surface area contributed by atoms with Crippen molar-refractivity contribution in [2.45, 2.75) is 11.3 Å². The molecule has 1 amide bonds. The molecule has 1 unspecified atom stereocenters. The van der Waals surface area contributed by atoms with Crippen LogP contribution in [0.1, 0.15) is 12.0 Å². The Labute approximate surface area is 132 Å². The zero-order chi connectivity index (χ0) is 15.1. The second kappa shape index (κ2) is 5.18. The summed E-state index contributed by atoms with van der Waals surface area (Å²) < 4.78 is 0. The van der Waals surface area contributed by atoms with Crippen molar-refractivity contribution in [3.63, 3.8) is 0 Å². The maximum absolute atomic E-state index is 12.4. The SMILES string of the molecule is O=C1CC2CSc3ccccc3C2=NN1c1ccc(O)cc1. The fourth-order valence-corrected chi connectivity index (χ4v) is 4.00. The first kappa shape index (κ1) is 13.4. The van der Waals surface area contributed by atoms with Gasteiger partial charge in [0.05, 0.1) is 11.4 Å². The number of anilines is 1. The summed E-state index contributed by atoms with van der Waals surface area (Å²) in [4.78, 5) is 13.6. The molecular weight excluding hydrogens is 296 g/mol. The Kier molecular flexibility index (Phi) is 3.15. The molecule has 1 N–H and O–H groups in total. The van der Waals surface area contributed by atoms with E-state index in [1.54, 1.807) is 36.0 Å². The number of fused-ring (bicyclic) bond motifs is 3. The number of rotatable bonds is 1. The van der Waals surface area contributed by atoms with Crippen LogP contribution in [0.2, 0.25) is 0 Å². The number of phenols is 1. The quantitative estimate of drug-likeness (QED) is 0.879. The van der Waals surface area contributed by atoms with Gasteiger partial charge < -0.3 is 5.11 Å². The summed E-state index contributed by atoms with van der Waals surface area (Å²) in [6, 6.07) is 14.8. The molecule has 22 heavy (non-hydrogen) atoms. The minimum atomic E-state index is -0.000536. The van der Waals surface area contributed by atoms with E-state index in [1.165, 1.54) is 9.90 Å². The summed E-state index contributed by atoms with van der Waals surface area (Å²) >= 11 is 1.79. The van der Waals surface area contributed by atoms with Gasteiger partial charge in [0.25, 0.3) is 0 Å². The lowest BCUT2D eigenvalue weighted by Gasteiger charge is -2.32. The number of aromatic hydroxyl groups is 1. The maximum atomic E-state index is 12.4. The zero-order valence-electron chi connectivity index (χ0n) is 11.8. The summed E-state index contributed by atoms with van der Waals surface area (Å²) in [6.07, 6.45) is 0.473. The van der Waals surface area contributed by atoms with Crippen molar-refractivity contribution in [3.05, 3.63) is 54.1 Å². The first-order valence-corrected chi connectivity index (χ1v) is 8.13. The number of amides is 1. The zero-order valence-corrected chi connectivity index (χ0v) is 12.6. The molecule has 2 aromatic carbocycles. The van der Waals surface area contributed by atoms with Crippen molar-refractivity contribution in [2.75, 3.05) is 10.8 Å². The number of benzene rings is 2. The highest BCUT2D eigenvalue weighted by atomic mass is 32.2. The van der Waals surface area contributed by atoms with E-state index >= 15 is 0 Å². The Balaban J connectivity index is 1.80. The van der Waals surface area contributed by atoms with Crippen LogP contribution in [0.25, 0.3) is 0 Å². The molecule has 0 aromatic heterocycles. The van der Waals surface area contributed by atoms with E-state index in [9.17, 15) is 9.90 Å². The number of phenolic OH excluding ortho intramolecular Hbond substituents is 1.